The van der Waals surface area contributed by atoms with Gasteiger partial charge in [-0.2, -0.15) is 0 Å². The zero-order chi connectivity index (χ0) is 22.2. The summed E-state index contributed by atoms with van der Waals surface area (Å²) in [6.45, 7) is 4.68. The molecule has 5 rings (SSSR count). The van der Waals surface area contributed by atoms with Gasteiger partial charge in [0.2, 0.25) is 11.8 Å². The third-order valence-electron chi connectivity index (χ3n) is 6.31. The molecule has 3 aliphatic rings. The van der Waals surface area contributed by atoms with Crippen molar-refractivity contribution in [1.29, 1.82) is 0 Å². The van der Waals surface area contributed by atoms with Crippen molar-refractivity contribution in [2.24, 2.45) is 0 Å². The minimum atomic E-state index is -0.583. The smallest absolute Gasteiger partial charge is 0.255 e. The summed E-state index contributed by atoms with van der Waals surface area (Å²) in [5.41, 5.74) is 2.72. The second-order valence-electron chi connectivity index (χ2n) is 8.37. The number of benzene rings is 1. The van der Waals surface area contributed by atoms with Gasteiger partial charge in [0.15, 0.2) is 11.0 Å². The molecular formula is C22H23ClN6O3. The van der Waals surface area contributed by atoms with Crippen LogP contribution in [0.25, 0.3) is 0 Å². The molecule has 0 saturated carbocycles. The predicted octanol–water partition coefficient (Wildman–Crippen LogP) is 1.21. The van der Waals surface area contributed by atoms with Gasteiger partial charge in [0.05, 0.1) is 0 Å². The lowest BCUT2D eigenvalue weighted by atomic mass is 10.0. The molecule has 1 N–H and O–H groups in total. The SMILES string of the molecule is O=C1CCC(N2Cc3cc(CN4CCN(c5ccc(Cl)nn5)CC4)ccc3C2=O)C(=O)N1. The van der Waals surface area contributed by atoms with Crippen molar-refractivity contribution in [2.45, 2.75) is 32.0 Å². The summed E-state index contributed by atoms with van der Waals surface area (Å²) < 4.78 is 0. The zero-order valence-corrected chi connectivity index (χ0v) is 18.2. The van der Waals surface area contributed by atoms with Crippen LogP contribution in [0.3, 0.4) is 0 Å². The molecule has 10 heteroatoms. The summed E-state index contributed by atoms with van der Waals surface area (Å²) in [7, 11) is 0. The Kier molecular flexibility index (Phi) is 5.52. The summed E-state index contributed by atoms with van der Waals surface area (Å²) >= 11 is 5.82. The molecule has 32 heavy (non-hydrogen) atoms. The van der Waals surface area contributed by atoms with Gasteiger partial charge in [0.25, 0.3) is 5.91 Å². The summed E-state index contributed by atoms with van der Waals surface area (Å²) in [6.07, 6.45) is 0.634. The molecule has 0 spiro atoms. The number of imide groups is 1. The monoisotopic (exact) mass is 454 g/mol. The highest BCUT2D eigenvalue weighted by atomic mass is 35.5. The summed E-state index contributed by atoms with van der Waals surface area (Å²) in [5.74, 6) is 0.0316. The molecule has 1 atom stereocenters. The number of halogens is 1. The maximum absolute atomic E-state index is 12.8. The van der Waals surface area contributed by atoms with E-state index in [4.69, 9.17) is 11.6 Å². The van der Waals surface area contributed by atoms with Crippen LogP contribution >= 0.6 is 11.6 Å². The molecular weight excluding hydrogens is 432 g/mol. The van der Waals surface area contributed by atoms with E-state index >= 15 is 0 Å². The first-order valence-corrected chi connectivity index (χ1v) is 11.1. The first kappa shape index (κ1) is 20.8. The first-order valence-electron chi connectivity index (χ1n) is 10.7. The first-order chi connectivity index (χ1) is 15.5. The van der Waals surface area contributed by atoms with Crippen LogP contribution in [0.4, 0.5) is 5.82 Å². The van der Waals surface area contributed by atoms with E-state index in [0.29, 0.717) is 23.7 Å². The maximum Gasteiger partial charge on any atom is 0.255 e. The number of piperazine rings is 1. The molecule has 0 radical (unpaired) electrons. The fourth-order valence-corrected chi connectivity index (χ4v) is 4.70. The number of carbonyl (C=O) groups excluding carboxylic acids is 3. The van der Waals surface area contributed by atoms with Gasteiger partial charge < -0.3 is 9.80 Å². The highest BCUT2D eigenvalue weighted by Gasteiger charge is 2.39. The minimum Gasteiger partial charge on any atom is -0.353 e. The number of fused-ring (bicyclic) bond motifs is 1. The van der Waals surface area contributed by atoms with Crippen LogP contribution in [0.1, 0.15) is 34.3 Å². The molecule has 3 amide bonds. The Labute approximate surface area is 190 Å². The lowest BCUT2D eigenvalue weighted by Crippen LogP contribution is -2.52. The fraction of sp³-hybridized carbons (Fsp3) is 0.409. The second kappa shape index (κ2) is 8.48. The molecule has 2 aromatic rings. The molecule has 1 aromatic carbocycles. The van der Waals surface area contributed by atoms with E-state index in [2.05, 4.69) is 31.4 Å². The van der Waals surface area contributed by atoms with Crippen LogP contribution < -0.4 is 10.2 Å². The third-order valence-corrected chi connectivity index (χ3v) is 6.51. The van der Waals surface area contributed by atoms with Gasteiger partial charge in [0.1, 0.15) is 6.04 Å². The van der Waals surface area contributed by atoms with Gasteiger partial charge in [-0.3, -0.25) is 24.6 Å². The normalized spacial score (nSPS) is 21.7. The van der Waals surface area contributed by atoms with Crippen LogP contribution in [-0.2, 0) is 22.7 Å². The number of piperidine rings is 1. The van der Waals surface area contributed by atoms with Crippen LogP contribution in [0, 0.1) is 0 Å². The Balaban J connectivity index is 1.21. The van der Waals surface area contributed by atoms with Crippen LogP contribution in [0.2, 0.25) is 5.15 Å². The average Bonchev–Trinajstić information content (AvgIpc) is 3.10. The maximum atomic E-state index is 12.8. The van der Waals surface area contributed by atoms with Crippen molar-refractivity contribution >= 4 is 35.1 Å². The number of nitrogens with one attached hydrogen (secondary N) is 1. The van der Waals surface area contributed by atoms with E-state index in [1.54, 1.807) is 11.0 Å². The van der Waals surface area contributed by atoms with Crippen LogP contribution in [-0.4, -0.2) is 69.9 Å². The van der Waals surface area contributed by atoms with E-state index in [1.165, 1.54) is 0 Å². The van der Waals surface area contributed by atoms with Gasteiger partial charge in [-0.05, 0) is 35.7 Å². The van der Waals surface area contributed by atoms with Crippen molar-refractivity contribution in [3.63, 3.8) is 0 Å². The van der Waals surface area contributed by atoms with E-state index in [9.17, 15) is 14.4 Å². The van der Waals surface area contributed by atoms with Gasteiger partial charge in [-0.1, -0.05) is 23.7 Å². The van der Waals surface area contributed by atoms with E-state index in [-0.39, 0.29) is 24.1 Å². The van der Waals surface area contributed by atoms with Gasteiger partial charge in [-0.25, -0.2) is 0 Å². The molecule has 166 valence electrons. The average molecular weight is 455 g/mol. The van der Waals surface area contributed by atoms with E-state index in [0.717, 1.165) is 49.7 Å². The topological polar surface area (TPSA) is 98.7 Å². The Hall–Kier alpha value is -3.04. The Morgan fingerprint density at radius 3 is 2.56 bits per heavy atom. The highest BCUT2D eigenvalue weighted by molar-refractivity contribution is 6.29. The molecule has 1 unspecified atom stereocenters. The molecule has 3 aliphatic heterocycles. The predicted molar refractivity (Wildman–Crippen MR) is 117 cm³/mol. The Morgan fingerprint density at radius 2 is 1.84 bits per heavy atom. The van der Waals surface area contributed by atoms with Crippen molar-refractivity contribution in [1.82, 2.24) is 25.3 Å². The van der Waals surface area contributed by atoms with Gasteiger partial charge in [0, 0.05) is 51.3 Å². The fourth-order valence-electron chi connectivity index (χ4n) is 4.60. The quantitative estimate of drug-likeness (QED) is 0.693. The number of hydrogen-bond donors (Lipinski definition) is 1. The number of aromatic nitrogens is 2. The van der Waals surface area contributed by atoms with Crippen LogP contribution in [0.15, 0.2) is 30.3 Å². The van der Waals surface area contributed by atoms with Gasteiger partial charge in [-0.15, -0.1) is 10.2 Å². The molecule has 1 aromatic heterocycles. The largest absolute Gasteiger partial charge is 0.353 e. The number of nitrogens with zero attached hydrogens (tertiary/aromatic N) is 5. The molecule has 0 bridgehead atoms. The number of hydrogen-bond acceptors (Lipinski definition) is 7. The second-order valence-corrected chi connectivity index (χ2v) is 8.76. The Bertz CT molecular complexity index is 1070. The van der Waals surface area contributed by atoms with E-state index in [1.807, 2.05) is 18.2 Å². The number of anilines is 1. The third kappa shape index (κ3) is 4.05. The lowest BCUT2D eigenvalue weighted by molar-refractivity contribution is -0.136. The minimum absolute atomic E-state index is 0.140. The molecule has 4 heterocycles. The molecule has 9 nitrogen and oxygen atoms in total. The van der Waals surface area contributed by atoms with Crippen molar-refractivity contribution < 1.29 is 14.4 Å². The molecule has 2 fully saturated rings. The summed E-state index contributed by atoms with van der Waals surface area (Å²) in [4.78, 5) is 42.6. The van der Waals surface area contributed by atoms with Crippen LogP contribution in [0.5, 0.6) is 0 Å². The summed E-state index contributed by atoms with van der Waals surface area (Å²) in [6, 6.07) is 8.97. The van der Waals surface area contributed by atoms with Crippen molar-refractivity contribution in [3.8, 4) is 0 Å². The van der Waals surface area contributed by atoms with Crippen molar-refractivity contribution in [3.05, 3.63) is 52.2 Å². The van der Waals surface area contributed by atoms with Gasteiger partial charge >= 0.3 is 0 Å². The zero-order valence-electron chi connectivity index (χ0n) is 17.5. The molecule has 0 aliphatic carbocycles. The number of amides is 3. The van der Waals surface area contributed by atoms with E-state index < -0.39 is 6.04 Å². The van der Waals surface area contributed by atoms with Crippen molar-refractivity contribution in [2.75, 3.05) is 31.1 Å². The highest BCUT2D eigenvalue weighted by Crippen LogP contribution is 2.28. The molecule has 2 saturated heterocycles. The Morgan fingerprint density at radius 1 is 1.03 bits per heavy atom. The lowest BCUT2D eigenvalue weighted by Gasteiger charge is -2.35. The summed E-state index contributed by atoms with van der Waals surface area (Å²) in [5, 5.41) is 10.8. The number of carbonyl (C=O) groups is 3. The standard InChI is InChI=1S/C22H23ClN6O3/c23-18-4-5-19(26-25-18)28-9-7-27(8-10-28)12-14-1-2-16-15(11-14)13-29(22(16)32)17-3-6-20(30)24-21(17)31/h1-2,4-5,11,17H,3,6-10,12-13H2,(H,24,30,31). The number of rotatable bonds is 4.